The molecule has 0 unspecified atom stereocenters. The Balaban J connectivity index is 1.89. The number of rotatable bonds is 4. The molecule has 2 rings (SSSR count). The largest absolute Gasteiger partial charge is 0.493 e. The Bertz CT molecular complexity index is 456. The lowest BCUT2D eigenvalue weighted by Gasteiger charge is -2.28. The lowest BCUT2D eigenvalue weighted by atomic mass is 9.98. The summed E-state index contributed by atoms with van der Waals surface area (Å²) in [6, 6.07) is 4.51. The van der Waals surface area contributed by atoms with Crippen LogP contribution >= 0.6 is 0 Å². The summed E-state index contributed by atoms with van der Waals surface area (Å²) in [4.78, 5) is 12.5. The van der Waals surface area contributed by atoms with Crippen LogP contribution in [-0.2, 0) is 0 Å². The highest BCUT2D eigenvalue weighted by molar-refractivity contribution is 5.60. The van der Waals surface area contributed by atoms with Crippen LogP contribution in [0.5, 0.6) is 5.75 Å². The van der Waals surface area contributed by atoms with Gasteiger partial charge in [-0.2, -0.15) is 0 Å². The van der Waals surface area contributed by atoms with Gasteiger partial charge < -0.3 is 15.4 Å². The molecule has 19 heavy (non-hydrogen) atoms. The third-order valence-corrected chi connectivity index (χ3v) is 3.52. The Kier molecular flexibility index (Phi) is 4.21. The van der Waals surface area contributed by atoms with E-state index in [1.807, 2.05) is 0 Å². The zero-order valence-electron chi connectivity index (χ0n) is 11.0. The number of likely N-dealkylation sites (tertiary alicyclic amines) is 1. The summed E-state index contributed by atoms with van der Waals surface area (Å²) in [7, 11) is 2.12. The van der Waals surface area contributed by atoms with Gasteiger partial charge in [0.25, 0.3) is 5.69 Å². The third-order valence-electron chi connectivity index (χ3n) is 3.52. The van der Waals surface area contributed by atoms with Crippen LogP contribution in [-0.4, -0.2) is 36.6 Å². The van der Waals surface area contributed by atoms with Gasteiger partial charge in [-0.3, -0.25) is 10.1 Å². The minimum Gasteiger partial charge on any atom is -0.493 e. The lowest BCUT2D eigenvalue weighted by Crippen LogP contribution is -2.32. The molecule has 1 aliphatic rings. The first-order valence-electron chi connectivity index (χ1n) is 6.41. The van der Waals surface area contributed by atoms with Crippen LogP contribution in [0.25, 0.3) is 0 Å². The predicted molar refractivity (Wildman–Crippen MR) is 73.2 cm³/mol. The molecule has 2 N–H and O–H groups in total. The standard InChI is InChI=1S/C13H19N3O3/c1-15-6-4-10(5-7-15)9-19-11-2-3-13(16(17)18)12(14)8-11/h2-3,8,10H,4-7,9,14H2,1H3. The van der Waals surface area contributed by atoms with Crippen LogP contribution in [0.1, 0.15) is 12.8 Å². The molecular formula is C13H19N3O3. The first-order valence-corrected chi connectivity index (χ1v) is 6.41. The van der Waals surface area contributed by atoms with E-state index in [-0.39, 0.29) is 11.4 Å². The van der Waals surface area contributed by atoms with Gasteiger partial charge in [0.15, 0.2) is 0 Å². The first kappa shape index (κ1) is 13.6. The summed E-state index contributed by atoms with van der Waals surface area (Å²) >= 11 is 0. The van der Waals surface area contributed by atoms with E-state index in [1.165, 1.54) is 12.1 Å². The molecular weight excluding hydrogens is 246 g/mol. The van der Waals surface area contributed by atoms with Gasteiger partial charge in [-0.15, -0.1) is 0 Å². The number of nitrogen functional groups attached to an aromatic ring is 1. The Morgan fingerprint density at radius 1 is 1.47 bits per heavy atom. The second-order valence-corrected chi connectivity index (χ2v) is 5.04. The molecule has 0 aromatic heterocycles. The van der Waals surface area contributed by atoms with Gasteiger partial charge >= 0.3 is 0 Å². The molecule has 0 spiro atoms. The van der Waals surface area contributed by atoms with E-state index in [0.717, 1.165) is 25.9 Å². The Morgan fingerprint density at radius 2 is 2.16 bits per heavy atom. The fraction of sp³-hybridized carbons (Fsp3) is 0.538. The van der Waals surface area contributed by atoms with Crippen molar-refractivity contribution < 1.29 is 9.66 Å². The summed E-state index contributed by atoms with van der Waals surface area (Å²) in [5.41, 5.74) is 5.69. The molecule has 0 saturated carbocycles. The van der Waals surface area contributed by atoms with Crippen LogP contribution in [0.15, 0.2) is 18.2 Å². The van der Waals surface area contributed by atoms with E-state index in [0.29, 0.717) is 18.3 Å². The summed E-state index contributed by atoms with van der Waals surface area (Å²) < 4.78 is 5.68. The van der Waals surface area contributed by atoms with E-state index >= 15 is 0 Å². The molecule has 6 nitrogen and oxygen atoms in total. The normalized spacial score (nSPS) is 17.3. The Morgan fingerprint density at radius 3 is 2.74 bits per heavy atom. The van der Waals surface area contributed by atoms with Crippen LogP contribution < -0.4 is 10.5 Å². The monoisotopic (exact) mass is 265 g/mol. The fourth-order valence-corrected chi connectivity index (χ4v) is 2.23. The van der Waals surface area contributed by atoms with Crippen molar-refractivity contribution in [2.75, 3.05) is 32.5 Å². The minimum absolute atomic E-state index is 0.0772. The molecule has 0 radical (unpaired) electrons. The van der Waals surface area contributed by atoms with E-state index in [4.69, 9.17) is 10.5 Å². The number of nitrogens with zero attached hydrogens (tertiary/aromatic N) is 2. The lowest BCUT2D eigenvalue weighted by molar-refractivity contribution is -0.383. The maximum Gasteiger partial charge on any atom is 0.292 e. The molecule has 1 heterocycles. The van der Waals surface area contributed by atoms with Crippen LogP contribution in [0.3, 0.4) is 0 Å². The average molecular weight is 265 g/mol. The zero-order chi connectivity index (χ0) is 13.8. The van der Waals surface area contributed by atoms with E-state index in [9.17, 15) is 10.1 Å². The summed E-state index contributed by atoms with van der Waals surface area (Å²) in [5.74, 6) is 1.15. The number of nitrogens with two attached hydrogens (primary N) is 1. The Hall–Kier alpha value is -1.82. The highest BCUT2D eigenvalue weighted by Crippen LogP contribution is 2.27. The molecule has 0 atom stereocenters. The molecule has 104 valence electrons. The van der Waals surface area contributed by atoms with Gasteiger partial charge in [0.2, 0.25) is 0 Å². The SMILES string of the molecule is CN1CCC(COc2ccc([N+](=O)[O-])c(N)c2)CC1. The van der Waals surface area contributed by atoms with E-state index < -0.39 is 4.92 Å². The second-order valence-electron chi connectivity index (χ2n) is 5.04. The number of ether oxygens (including phenoxy) is 1. The van der Waals surface area contributed by atoms with Crippen molar-refractivity contribution in [3.8, 4) is 5.75 Å². The molecule has 1 aromatic carbocycles. The van der Waals surface area contributed by atoms with Crippen molar-refractivity contribution in [2.24, 2.45) is 5.92 Å². The average Bonchev–Trinajstić information content (AvgIpc) is 2.37. The maximum absolute atomic E-state index is 10.6. The number of hydrogen-bond acceptors (Lipinski definition) is 5. The number of anilines is 1. The van der Waals surface area contributed by atoms with Gasteiger partial charge in [-0.25, -0.2) is 0 Å². The number of nitro groups is 1. The Labute approximate surface area is 112 Å². The fourth-order valence-electron chi connectivity index (χ4n) is 2.23. The van der Waals surface area contributed by atoms with Gasteiger partial charge in [-0.1, -0.05) is 0 Å². The maximum atomic E-state index is 10.6. The van der Waals surface area contributed by atoms with Crippen molar-refractivity contribution in [3.05, 3.63) is 28.3 Å². The summed E-state index contributed by atoms with van der Waals surface area (Å²) in [6.07, 6.45) is 2.25. The molecule has 1 aromatic rings. The van der Waals surface area contributed by atoms with Crippen molar-refractivity contribution in [1.29, 1.82) is 0 Å². The van der Waals surface area contributed by atoms with Crippen molar-refractivity contribution in [2.45, 2.75) is 12.8 Å². The predicted octanol–water partition coefficient (Wildman–Crippen LogP) is 1.90. The van der Waals surface area contributed by atoms with Gasteiger partial charge in [-0.05, 0) is 45.0 Å². The molecule has 1 saturated heterocycles. The van der Waals surface area contributed by atoms with Crippen LogP contribution in [0.4, 0.5) is 11.4 Å². The van der Waals surface area contributed by atoms with Gasteiger partial charge in [0.05, 0.1) is 11.5 Å². The topological polar surface area (TPSA) is 81.6 Å². The summed E-state index contributed by atoms with van der Waals surface area (Å²) in [6.45, 7) is 2.83. The van der Waals surface area contributed by atoms with Gasteiger partial charge in [0, 0.05) is 12.1 Å². The molecule has 0 aliphatic carbocycles. The molecule has 0 bridgehead atoms. The van der Waals surface area contributed by atoms with Crippen molar-refractivity contribution in [1.82, 2.24) is 4.90 Å². The third kappa shape index (κ3) is 3.57. The van der Waals surface area contributed by atoms with Gasteiger partial charge in [0.1, 0.15) is 11.4 Å². The first-order chi connectivity index (χ1) is 9.06. The highest BCUT2D eigenvalue weighted by atomic mass is 16.6. The van der Waals surface area contributed by atoms with Crippen molar-refractivity contribution >= 4 is 11.4 Å². The van der Waals surface area contributed by atoms with Crippen LogP contribution in [0, 0.1) is 16.0 Å². The molecule has 0 amide bonds. The number of hydrogen-bond donors (Lipinski definition) is 1. The molecule has 1 aliphatic heterocycles. The van der Waals surface area contributed by atoms with Crippen molar-refractivity contribution in [3.63, 3.8) is 0 Å². The minimum atomic E-state index is -0.490. The zero-order valence-corrected chi connectivity index (χ0v) is 11.0. The van der Waals surface area contributed by atoms with E-state index in [1.54, 1.807) is 6.07 Å². The summed E-state index contributed by atoms with van der Waals surface area (Å²) in [5, 5.41) is 10.6. The number of nitro benzene ring substituents is 1. The smallest absolute Gasteiger partial charge is 0.292 e. The van der Waals surface area contributed by atoms with Crippen LogP contribution in [0.2, 0.25) is 0 Å². The number of benzene rings is 1. The molecule has 1 fully saturated rings. The highest BCUT2D eigenvalue weighted by Gasteiger charge is 2.18. The number of piperidine rings is 1. The molecule has 6 heteroatoms. The van der Waals surface area contributed by atoms with E-state index in [2.05, 4.69) is 11.9 Å². The quantitative estimate of drug-likeness (QED) is 0.511. The second kappa shape index (κ2) is 5.88.